The maximum absolute atomic E-state index is 12.7. The lowest BCUT2D eigenvalue weighted by molar-refractivity contribution is -0.138. The van der Waals surface area contributed by atoms with Gasteiger partial charge in [-0.3, -0.25) is 14.5 Å². The number of fused-ring (bicyclic) bond motifs is 1. The molecule has 1 aromatic heterocycles. The van der Waals surface area contributed by atoms with Crippen LogP contribution < -0.4 is 5.32 Å². The average molecular weight is 392 g/mol. The minimum absolute atomic E-state index is 0.0987. The quantitative estimate of drug-likeness (QED) is 0.696. The van der Waals surface area contributed by atoms with Crippen molar-refractivity contribution in [2.45, 2.75) is 25.6 Å². The Hall–Kier alpha value is -3.19. The van der Waals surface area contributed by atoms with E-state index in [1.807, 2.05) is 12.1 Å². The molecule has 1 saturated heterocycles. The van der Waals surface area contributed by atoms with Crippen molar-refractivity contribution in [2.75, 3.05) is 20.1 Å². The maximum atomic E-state index is 12.7. The molecular weight excluding hydrogens is 368 g/mol. The third kappa shape index (κ3) is 4.46. The second kappa shape index (κ2) is 8.45. The Kier molecular flexibility index (Phi) is 5.57. The smallest absolute Gasteiger partial charge is 0.237 e. The molecule has 2 aromatic carbocycles. The Morgan fingerprint density at radius 3 is 2.86 bits per heavy atom. The van der Waals surface area contributed by atoms with Crippen LogP contribution in [0.2, 0.25) is 0 Å². The van der Waals surface area contributed by atoms with Crippen molar-refractivity contribution < 1.29 is 14.1 Å². The highest BCUT2D eigenvalue weighted by molar-refractivity contribution is 5.89. The molecule has 3 aromatic rings. The van der Waals surface area contributed by atoms with E-state index in [1.54, 1.807) is 24.2 Å². The van der Waals surface area contributed by atoms with Gasteiger partial charge in [-0.1, -0.05) is 41.6 Å². The van der Waals surface area contributed by atoms with Crippen LogP contribution in [0.5, 0.6) is 0 Å². The lowest BCUT2D eigenvalue weighted by Crippen LogP contribution is -2.56. The van der Waals surface area contributed by atoms with Crippen molar-refractivity contribution in [2.24, 2.45) is 0 Å². The lowest BCUT2D eigenvalue weighted by Gasteiger charge is -2.35. The summed E-state index contributed by atoms with van der Waals surface area (Å²) in [4.78, 5) is 28.9. The van der Waals surface area contributed by atoms with Crippen LogP contribution in [0.25, 0.3) is 10.8 Å². The van der Waals surface area contributed by atoms with Gasteiger partial charge in [-0.15, -0.1) is 0 Å². The zero-order chi connectivity index (χ0) is 20.2. The van der Waals surface area contributed by atoms with Crippen molar-refractivity contribution in [3.05, 3.63) is 66.1 Å². The van der Waals surface area contributed by atoms with Gasteiger partial charge in [0, 0.05) is 32.7 Å². The number of carbonyl (C=O) groups is 2. The summed E-state index contributed by atoms with van der Waals surface area (Å²) in [7, 11) is 1.71. The first kappa shape index (κ1) is 19.1. The molecule has 0 spiro atoms. The number of aromatic nitrogens is 1. The molecule has 1 atom stereocenters. The van der Waals surface area contributed by atoms with Crippen molar-refractivity contribution in [1.82, 2.24) is 20.3 Å². The van der Waals surface area contributed by atoms with Crippen LogP contribution in [-0.2, 0) is 22.7 Å². The van der Waals surface area contributed by atoms with Crippen LogP contribution in [-0.4, -0.2) is 52.9 Å². The monoisotopic (exact) mass is 392 g/mol. The Balaban J connectivity index is 1.46. The van der Waals surface area contributed by atoms with E-state index >= 15 is 0 Å². The number of amides is 2. The second-order valence-corrected chi connectivity index (χ2v) is 7.39. The molecule has 1 aliphatic heterocycles. The minimum atomic E-state index is -0.486. The summed E-state index contributed by atoms with van der Waals surface area (Å²) >= 11 is 0. The van der Waals surface area contributed by atoms with Gasteiger partial charge in [-0.2, -0.15) is 0 Å². The van der Waals surface area contributed by atoms with E-state index in [-0.39, 0.29) is 18.2 Å². The van der Waals surface area contributed by atoms with Gasteiger partial charge in [0.25, 0.3) is 0 Å². The van der Waals surface area contributed by atoms with Gasteiger partial charge >= 0.3 is 0 Å². The molecule has 0 saturated carbocycles. The fraction of sp³-hybridized carbons (Fsp3) is 0.318. The highest BCUT2D eigenvalue weighted by atomic mass is 16.5. The van der Waals surface area contributed by atoms with E-state index in [9.17, 15) is 9.59 Å². The largest absolute Gasteiger partial charge is 0.360 e. The van der Waals surface area contributed by atoms with Gasteiger partial charge < -0.3 is 14.7 Å². The zero-order valence-corrected chi connectivity index (χ0v) is 16.4. The normalized spacial score (nSPS) is 17.3. The number of carbonyl (C=O) groups excluding carboxylic acids is 2. The topological polar surface area (TPSA) is 78.7 Å². The number of hydrogen-bond donors (Lipinski definition) is 1. The van der Waals surface area contributed by atoms with Crippen LogP contribution in [0.1, 0.15) is 17.7 Å². The van der Waals surface area contributed by atoms with Crippen molar-refractivity contribution >= 4 is 22.6 Å². The molecule has 2 amide bonds. The highest BCUT2D eigenvalue weighted by Gasteiger charge is 2.32. The lowest BCUT2D eigenvalue weighted by atomic mass is 10.0. The molecule has 7 heteroatoms. The zero-order valence-electron chi connectivity index (χ0n) is 16.4. The van der Waals surface area contributed by atoms with Gasteiger partial charge in [0.05, 0.1) is 25.2 Å². The van der Waals surface area contributed by atoms with Crippen LogP contribution in [0.4, 0.5) is 0 Å². The van der Waals surface area contributed by atoms with Crippen molar-refractivity contribution in [3.63, 3.8) is 0 Å². The SMILES string of the molecule is CN(Cc1ccno1)C(=O)C[C@@H]1C(=O)NCCN1Cc1ccc2ccccc2c1. The van der Waals surface area contributed by atoms with E-state index in [2.05, 4.69) is 45.7 Å². The maximum Gasteiger partial charge on any atom is 0.237 e. The second-order valence-electron chi connectivity index (χ2n) is 7.39. The summed E-state index contributed by atoms with van der Waals surface area (Å²) in [5.74, 6) is 0.410. The number of benzene rings is 2. The molecule has 0 aliphatic carbocycles. The first-order valence-electron chi connectivity index (χ1n) is 9.73. The third-order valence-corrected chi connectivity index (χ3v) is 5.32. The molecule has 1 N–H and O–H groups in total. The summed E-state index contributed by atoms with van der Waals surface area (Å²) in [6.45, 7) is 2.26. The molecule has 7 nitrogen and oxygen atoms in total. The number of nitrogens with zero attached hydrogens (tertiary/aromatic N) is 3. The van der Waals surface area contributed by atoms with Crippen molar-refractivity contribution in [3.8, 4) is 0 Å². The predicted octanol–water partition coefficient (Wildman–Crippen LogP) is 2.18. The van der Waals surface area contributed by atoms with E-state index in [0.29, 0.717) is 31.9 Å². The Labute approximate surface area is 169 Å². The fourth-order valence-corrected chi connectivity index (χ4v) is 3.71. The highest BCUT2D eigenvalue weighted by Crippen LogP contribution is 2.20. The van der Waals surface area contributed by atoms with Gasteiger partial charge in [0.1, 0.15) is 0 Å². The molecule has 0 bridgehead atoms. The van der Waals surface area contributed by atoms with E-state index in [0.717, 1.165) is 5.56 Å². The first-order chi connectivity index (χ1) is 14.1. The molecule has 1 aliphatic rings. The average Bonchev–Trinajstić information content (AvgIpc) is 3.23. The summed E-state index contributed by atoms with van der Waals surface area (Å²) < 4.78 is 5.07. The number of hydrogen-bond acceptors (Lipinski definition) is 5. The molecule has 4 rings (SSSR count). The first-order valence-corrected chi connectivity index (χ1v) is 9.73. The molecular formula is C22H24N4O3. The van der Waals surface area contributed by atoms with Gasteiger partial charge in [0.2, 0.25) is 11.8 Å². The van der Waals surface area contributed by atoms with Crippen LogP contribution in [0, 0.1) is 0 Å². The molecule has 0 radical (unpaired) electrons. The molecule has 150 valence electrons. The Bertz CT molecular complexity index is 1000. The summed E-state index contributed by atoms with van der Waals surface area (Å²) in [5.41, 5.74) is 1.13. The van der Waals surface area contributed by atoms with E-state index in [1.165, 1.54) is 10.8 Å². The fourth-order valence-electron chi connectivity index (χ4n) is 3.71. The van der Waals surface area contributed by atoms with E-state index in [4.69, 9.17) is 4.52 Å². The standard InChI is InChI=1S/C22H24N4O3/c1-25(15-19-8-9-24-29-19)21(27)13-20-22(28)23-10-11-26(20)14-16-6-7-17-4-2-3-5-18(17)12-16/h2-9,12,20H,10-11,13-15H2,1H3,(H,23,28)/t20-/m1/s1. The Morgan fingerprint density at radius 1 is 1.24 bits per heavy atom. The third-order valence-electron chi connectivity index (χ3n) is 5.32. The number of nitrogens with one attached hydrogen (secondary N) is 1. The minimum Gasteiger partial charge on any atom is -0.360 e. The van der Waals surface area contributed by atoms with Crippen LogP contribution >= 0.6 is 0 Å². The number of piperazine rings is 1. The number of rotatable bonds is 6. The molecule has 1 fully saturated rings. The molecule has 2 heterocycles. The Morgan fingerprint density at radius 2 is 2.07 bits per heavy atom. The molecule has 0 unspecified atom stereocenters. The van der Waals surface area contributed by atoms with Crippen LogP contribution in [0.3, 0.4) is 0 Å². The van der Waals surface area contributed by atoms with E-state index < -0.39 is 6.04 Å². The van der Waals surface area contributed by atoms with Crippen molar-refractivity contribution in [1.29, 1.82) is 0 Å². The predicted molar refractivity (Wildman–Crippen MR) is 109 cm³/mol. The molecule has 29 heavy (non-hydrogen) atoms. The summed E-state index contributed by atoms with van der Waals surface area (Å²) in [6.07, 6.45) is 1.68. The van der Waals surface area contributed by atoms with Gasteiger partial charge in [0.15, 0.2) is 5.76 Å². The van der Waals surface area contributed by atoms with Gasteiger partial charge in [-0.05, 0) is 22.4 Å². The van der Waals surface area contributed by atoms with Crippen LogP contribution in [0.15, 0.2) is 59.3 Å². The van der Waals surface area contributed by atoms with Gasteiger partial charge in [-0.25, -0.2) is 0 Å². The summed E-state index contributed by atoms with van der Waals surface area (Å²) in [6, 6.07) is 15.8. The summed E-state index contributed by atoms with van der Waals surface area (Å²) in [5, 5.41) is 8.91.